The van der Waals surface area contributed by atoms with Crippen LogP contribution in [0.1, 0.15) is 32.3 Å². The Balaban J connectivity index is 0.000000194. The second-order valence-electron chi connectivity index (χ2n) is 10.7. The molecular weight excluding hydrogens is 856 g/mol. The van der Waals surface area contributed by atoms with Crippen molar-refractivity contribution in [2.24, 2.45) is 0 Å². The van der Waals surface area contributed by atoms with Gasteiger partial charge in [0.25, 0.3) is 31.8 Å². The van der Waals surface area contributed by atoms with E-state index >= 15 is 0 Å². The summed E-state index contributed by atoms with van der Waals surface area (Å²) in [5.74, 6) is 1.47. The van der Waals surface area contributed by atoms with Crippen LogP contribution in [-0.4, -0.2) is 27.1 Å². The predicted molar refractivity (Wildman–Crippen MR) is 199 cm³/mol. The first-order valence-corrected chi connectivity index (χ1v) is 20.9. The molecule has 0 bridgehead atoms. The number of aromatic nitrogens is 2. The quantitative estimate of drug-likeness (QED) is 0.121. The van der Waals surface area contributed by atoms with Gasteiger partial charge < -0.3 is 18.5 Å². The molecule has 0 aliphatic heterocycles. The fraction of sp³-hybridized carbons (Fsp3) is 0.188. The molecule has 50 heavy (non-hydrogen) atoms. The fourth-order valence-corrected chi connectivity index (χ4v) is 9.54. The lowest BCUT2D eigenvalue weighted by molar-refractivity contribution is 0.307. The maximum absolute atomic E-state index is 12.6. The van der Waals surface area contributed by atoms with Crippen molar-refractivity contribution in [2.45, 2.75) is 50.7 Å². The van der Waals surface area contributed by atoms with Gasteiger partial charge in [-0.05, 0) is 107 Å². The van der Waals surface area contributed by atoms with Gasteiger partial charge in [0.1, 0.15) is 43.4 Å². The van der Waals surface area contributed by atoms with Crippen molar-refractivity contribution in [3.63, 3.8) is 0 Å². The maximum Gasteiger partial charge on any atom is 0.265 e. The molecule has 264 valence electrons. The third-order valence-corrected chi connectivity index (χ3v) is 13.6. The normalized spacial score (nSPS) is 11.5. The zero-order valence-electron chi connectivity index (χ0n) is 26.9. The van der Waals surface area contributed by atoms with Crippen LogP contribution in [-0.2, 0) is 33.3 Å². The Morgan fingerprint density at radius 2 is 0.980 bits per heavy atom. The zero-order valence-corrected chi connectivity index (χ0v) is 33.3. The van der Waals surface area contributed by atoms with Crippen molar-refractivity contribution in [3.05, 3.63) is 113 Å². The summed E-state index contributed by atoms with van der Waals surface area (Å²) in [7, 11) is -7.61. The largest absolute Gasteiger partial charge is 0.488 e. The lowest BCUT2D eigenvalue weighted by Crippen LogP contribution is -2.14. The lowest BCUT2D eigenvalue weighted by Gasteiger charge is -2.09. The van der Waals surface area contributed by atoms with Crippen LogP contribution in [0.15, 0.2) is 99.2 Å². The molecule has 0 fully saturated rings. The molecule has 0 spiro atoms. The molecule has 0 aliphatic carbocycles. The van der Waals surface area contributed by atoms with E-state index < -0.39 is 20.0 Å². The van der Waals surface area contributed by atoms with Gasteiger partial charge in [0.2, 0.25) is 0 Å². The van der Waals surface area contributed by atoms with Crippen LogP contribution in [0.3, 0.4) is 0 Å². The molecule has 0 saturated carbocycles. The number of nitrogens with one attached hydrogen (secondary N) is 2. The molecule has 2 N–H and O–H groups in total. The Kier molecular flexibility index (Phi) is 12.1. The Bertz CT molecular complexity index is 2120. The molecule has 0 aliphatic rings. The molecule has 2 aromatic carbocycles. The highest BCUT2D eigenvalue weighted by Crippen LogP contribution is 2.32. The minimum Gasteiger partial charge on any atom is -0.488 e. The number of halogens is 2. The summed E-state index contributed by atoms with van der Waals surface area (Å²) in [4.78, 5) is 1.51. The Morgan fingerprint density at radius 1 is 0.620 bits per heavy atom. The first kappa shape index (κ1) is 37.6. The summed E-state index contributed by atoms with van der Waals surface area (Å²) in [6.45, 7) is 7.71. The molecule has 6 rings (SSSR count). The van der Waals surface area contributed by atoms with Crippen LogP contribution in [0, 0.1) is 27.7 Å². The molecule has 4 heterocycles. The van der Waals surface area contributed by atoms with Crippen molar-refractivity contribution in [3.8, 4) is 11.5 Å². The van der Waals surface area contributed by atoms with Gasteiger partial charge >= 0.3 is 0 Å². The number of hydrogen-bond acceptors (Lipinski definition) is 12. The van der Waals surface area contributed by atoms with Crippen molar-refractivity contribution in [1.29, 1.82) is 0 Å². The minimum atomic E-state index is -3.80. The van der Waals surface area contributed by atoms with Crippen LogP contribution in [0.4, 0.5) is 11.8 Å². The molecule has 0 amide bonds. The highest BCUT2D eigenvalue weighted by atomic mass is 79.9. The average molecular weight is 887 g/mol. The van der Waals surface area contributed by atoms with E-state index in [0.717, 1.165) is 11.1 Å². The molecule has 0 radical (unpaired) electrons. The van der Waals surface area contributed by atoms with Crippen LogP contribution in [0.5, 0.6) is 11.5 Å². The Hall–Kier alpha value is -3.68. The molecule has 4 aromatic heterocycles. The van der Waals surface area contributed by atoms with Crippen molar-refractivity contribution in [1.82, 2.24) is 10.3 Å². The minimum absolute atomic E-state index is 0.0501. The van der Waals surface area contributed by atoms with Crippen molar-refractivity contribution >= 4 is 86.3 Å². The van der Waals surface area contributed by atoms with Crippen LogP contribution in [0.2, 0.25) is 0 Å². The average Bonchev–Trinajstić information content (AvgIpc) is 3.89. The fourth-order valence-electron chi connectivity index (χ4n) is 4.11. The van der Waals surface area contributed by atoms with Crippen LogP contribution >= 0.6 is 54.5 Å². The second kappa shape index (κ2) is 16.1. The smallest absolute Gasteiger partial charge is 0.265 e. The van der Waals surface area contributed by atoms with Gasteiger partial charge in [0, 0.05) is 0 Å². The van der Waals surface area contributed by atoms with E-state index in [2.05, 4.69) is 51.6 Å². The highest BCUT2D eigenvalue weighted by molar-refractivity contribution is 9.11. The van der Waals surface area contributed by atoms with Gasteiger partial charge in [-0.3, -0.25) is 0 Å². The van der Waals surface area contributed by atoms with Gasteiger partial charge in [-0.1, -0.05) is 45.7 Å². The molecule has 18 heteroatoms. The number of rotatable bonds is 12. The highest BCUT2D eigenvalue weighted by Gasteiger charge is 2.25. The standard InChI is InChI=1S/2C16H15BrN2O4S2/c2*1-10-3-5-12(6-4-10)22-9-13-14(7-8-24-13)25(20,21)19-16-15(17)11(2)18-23-16/h2*3-8,19H,9H2,1-2H3. The first-order chi connectivity index (χ1) is 23.7. The predicted octanol–water partition coefficient (Wildman–Crippen LogP) is 8.99. The summed E-state index contributed by atoms with van der Waals surface area (Å²) in [6, 6.07) is 18.2. The van der Waals surface area contributed by atoms with Gasteiger partial charge in [0.15, 0.2) is 0 Å². The summed E-state index contributed by atoms with van der Waals surface area (Å²) in [6.07, 6.45) is 0. The number of ether oxygens (including phenoxy) is 2. The maximum atomic E-state index is 12.6. The third-order valence-electron chi connectivity index (χ3n) is 6.81. The summed E-state index contributed by atoms with van der Waals surface area (Å²) < 4.78 is 77.7. The number of anilines is 2. The Labute approximate surface area is 314 Å². The first-order valence-electron chi connectivity index (χ1n) is 14.5. The summed E-state index contributed by atoms with van der Waals surface area (Å²) in [5.41, 5.74) is 3.38. The van der Waals surface area contributed by atoms with Crippen molar-refractivity contribution in [2.75, 3.05) is 9.44 Å². The number of nitrogens with zero attached hydrogens (tertiary/aromatic N) is 2. The number of aryl methyl sites for hydroxylation is 4. The number of hydrogen-bond donors (Lipinski definition) is 2. The summed E-state index contributed by atoms with van der Waals surface area (Å²) >= 11 is 9.13. The Morgan fingerprint density at radius 3 is 1.30 bits per heavy atom. The van der Waals surface area contributed by atoms with E-state index in [-0.39, 0.29) is 34.8 Å². The topological polar surface area (TPSA) is 163 Å². The van der Waals surface area contributed by atoms with E-state index in [9.17, 15) is 16.8 Å². The SMILES string of the molecule is Cc1ccc(OCc2sccc2S(=O)(=O)Nc2onc(C)c2Br)cc1.Cc1ccc(OCc2sccc2S(=O)(=O)Nc2onc(C)c2Br)cc1. The zero-order chi connectivity index (χ0) is 36.1. The molecule has 12 nitrogen and oxygen atoms in total. The second-order valence-corrected chi connectivity index (χ2v) is 17.5. The number of thiophene rings is 2. The molecular formula is C32H30Br2N4O8S4. The van der Waals surface area contributed by atoms with E-state index in [1.165, 1.54) is 34.8 Å². The van der Waals surface area contributed by atoms with E-state index in [1.54, 1.807) is 24.6 Å². The molecule has 6 aromatic rings. The van der Waals surface area contributed by atoms with Crippen LogP contribution < -0.4 is 18.9 Å². The molecule has 0 unspecified atom stereocenters. The van der Waals surface area contributed by atoms with Gasteiger partial charge in [-0.2, -0.15) is 0 Å². The van der Waals surface area contributed by atoms with E-state index in [4.69, 9.17) is 18.5 Å². The molecule has 0 saturated heterocycles. The van der Waals surface area contributed by atoms with Gasteiger partial charge in [0.05, 0.1) is 21.1 Å². The lowest BCUT2D eigenvalue weighted by atomic mass is 10.2. The van der Waals surface area contributed by atoms with Gasteiger partial charge in [-0.25, -0.2) is 26.3 Å². The number of benzene rings is 2. The third kappa shape index (κ3) is 9.35. The number of sulfonamides is 2. The molecule has 0 atom stereocenters. The summed E-state index contributed by atoms with van der Waals surface area (Å²) in [5, 5.41) is 10.9. The van der Waals surface area contributed by atoms with E-state index in [0.29, 0.717) is 41.6 Å². The van der Waals surface area contributed by atoms with Crippen molar-refractivity contribution < 1.29 is 35.4 Å². The monoisotopic (exact) mass is 884 g/mol. The van der Waals surface area contributed by atoms with Crippen LogP contribution in [0.25, 0.3) is 0 Å². The van der Waals surface area contributed by atoms with Gasteiger partial charge in [-0.15, -0.1) is 22.7 Å². The van der Waals surface area contributed by atoms with E-state index in [1.807, 2.05) is 62.4 Å².